The molecular formula is C25H28ClNO5S. The number of ether oxygens (including phenoxy) is 1. The SMILES string of the molecule is O=C(COC(=O)C1(c2cccc(Cl)c2)CCCCC1)N(c1ccccc1)C1CCS(=O)(=O)C1. The Hall–Kier alpha value is -2.38. The van der Waals surface area contributed by atoms with Gasteiger partial charge in [0.05, 0.1) is 23.0 Å². The van der Waals surface area contributed by atoms with Gasteiger partial charge in [-0.15, -0.1) is 0 Å². The molecule has 2 aromatic carbocycles. The van der Waals surface area contributed by atoms with Gasteiger partial charge in [-0.05, 0) is 49.1 Å². The molecule has 1 amide bonds. The highest BCUT2D eigenvalue weighted by Gasteiger charge is 2.43. The molecule has 2 aromatic rings. The molecule has 1 unspecified atom stereocenters. The third-order valence-corrected chi connectivity index (χ3v) is 8.66. The van der Waals surface area contributed by atoms with Crippen LogP contribution in [0.2, 0.25) is 5.02 Å². The van der Waals surface area contributed by atoms with Gasteiger partial charge in [-0.1, -0.05) is 61.2 Å². The fourth-order valence-corrected chi connectivity index (χ4v) is 6.90. The minimum Gasteiger partial charge on any atom is -0.455 e. The molecule has 8 heteroatoms. The molecule has 0 radical (unpaired) electrons. The maximum absolute atomic E-state index is 13.4. The monoisotopic (exact) mass is 489 g/mol. The summed E-state index contributed by atoms with van der Waals surface area (Å²) in [7, 11) is -3.19. The predicted molar refractivity (Wildman–Crippen MR) is 128 cm³/mol. The summed E-state index contributed by atoms with van der Waals surface area (Å²) in [5.74, 6) is -0.890. The average molecular weight is 490 g/mol. The van der Waals surface area contributed by atoms with Crippen molar-refractivity contribution in [1.29, 1.82) is 0 Å². The smallest absolute Gasteiger partial charge is 0.317 e. The van der Waals surface area contributed by atoms with Crippen molar-refractivity contribution in [2.45, 2.75) is 50.0 Å². The number of esters is 1. The standard InChI is InChI=1S/C25H28ClNO5S/c26-20-9-7-8-19(16-20)25(13-5-2-6-14-25)24(29)32-17-23(28)27(21-10-3-1-4-11-21)22-12-15-33(30,31)18-22/h1,3-4,7-11,16,22H,2,5-6,12-15,17-18H2. The number of halogens is 1. The summed E-state index contributed by atoms with van der Waals surface area (Å²) in [6.07, 6.45) is 4.49. The Morgan fingerprint density at radius 3 is 2.39 bits per heavy atom. The number of carbonyl (C=O) groups is 2. The molecule has 1 heterocycles. The molecule has 1 saturated heterocycles. The maximum Gasteiger partial charge on any atom is 0.317 e. The summed E-state index contributed by atoms with van der Waals surface area (Å²) in [5, 5.41) is 0.555. The van der Waals surface area contributed by atoms with Gasteiger partial charge in [0.2, 0.25) is 0 Å². The minimum absolute atomic E-state index is 0.0476. The van der Waals surface area contributed by atoms with Crippen LogP contribution in [0.3, 0.4) is 0 Å². The van der Waals surface area contributed by atoms with E-state index in [1.807, 2.05) is 18.2 Å². The molecule has 2 aliphatic rings. The summed E-state index contributed by atoms with van der Waals surface area (Å²) in [6.45, 7) is -0.438. The normalized spacial score (nSPS) is 21.3. The van der Waals surface area contributed by atoms with E-state index in [1.165, 1.54) is 4.90 Å². The van der Waals surface area contributed by atoms with Gasteiger partial charge in [-0.3, -0.25) is 9.59 Å². The third-order valence-electron chi connectivity index (χ3n) is 6.68. The quantitative estimate of drug-likeness (QED) is 0.565. The van der Waals surface area contributed by atoms with Crippen molar-refractivity contribution >= 4 is 39.0 Å². The highest BCUT2D eigenvalue weighted by Crippen LogP contribution is 2.41. The molecule has 1 aliphatic carbocycles. The molecule has 6 nitrogen and oxygen atoms in total. The van der Waals surface area contributed by atoms with Crippen molar-refractivity contribution in [2.24, 2.45) is 0 Å². The van der Waals surface area contributed by atoms with E-state index in [9.17, 15) is 18.0 Å². The van der Waals surface area contributed by atoms with E-state index in [0.29, 0.717) is 30.0 Å². The Bertz CT molecular complexity index is 1110. The second-order valence-corrected chi connectivity index (χ2v) is 11.6. The lowest BCUT2D eigenvalue weighted by Crippen LogP contribution is -2.45. The molecule has 176 valence electrons. The van der Waals surface area contributed by atoms with Gasteiger partial charge in [0.15, 0.2) is 16.4 Å². The van der Waals surface area contributed by atoms with Crippen LogP contribution in [-0.4, -0.2) is 44.4 Å². The molecule has 1 aliphatic heterocycles. The summed E-state index contributed by atoms with van der Waals surface area (Å²) in [4.78, 5) is 28.1. The van der Waals surface area contributed by atoms with E-state index < -0.39 is 39.8 Å². The lowest BCUT2D eigenvalue weighted by molar-refractivity contribution is -0.155. The van der Waals surface area contributed by atoms with Gasteiger partial charge in [-0.2, -0.15) is 0 Å². The Balaban J connectivity index is 1.54. The molecule has 4 rings (SSSR count). The Kier molecular flexibility index (Phi) is 7.10. The van der Waals surface area contributed by atoms with E-state index in [-0.39, 0.29) is 11.5 Å². The van der Waals surface area contributed by atoms with Crippen LogP contribution in [0.15, 0.2) is 54.6 Å². The van der Waals surface area contributed by atoms with Gasteiger partial charge in [-0.25, -0.2) is 8.42 Å². The number of anilines is 1. The van der Waals surface area contributed by atoms with Gasteiger partial charge in [0, 0.05) is 10.7 Å². The van der Waals surface area contributed by atoms with Crippen molar-refractivity contribution in [2.75, 3.05) is 23.0 Å². The van der Waals surface area contributed by atoms with Crippen LogP contribution in [0, 0.1) is 0 Å². The number of para-hydroxylation sites is 1. The topological polar surface area (TPSA) is 80.8 Å². The minimum atomic E-state index is -3.19. The van der Waals surface area contributed by atoms with Crippen molar-refractivity contribution in [1.82, 2.24) is 0 Å². The molecule has 1 atom stereocenters. The van der Waals surface area contributed by atoms with Crippen molar-refractivity contribution in [3.63, 3.8) is 0 Å². The van der Waals surface area contributed by atoms with E-state index in [0.717, 1.165) is 24.8 Å². The lowest BCUT2D eigenvalue weighted by atomic mass is 9.69. The third kappa shape index (κ3) is 5.25. The fourth-order valence-electron chi connectivity index (χ4n) is 5.01. The van der Waals surface area contributed by atoms with Crippen molar-refractivity contribution < 1.29 is 22.7 Å². The van der Waals surface area contributed by atoms with Crippen molar-refractivity contribution in [3.05, 3.63) is 65.2 Å². The fraction of sp³-hybridized carbons (Fsp3) is 0.440. The van der Waals surface area contributed by atoms with Crippen LogP contribution in [0.25, 0.3) is 0 Å². The molecular weight excluding hydrogens is 462 g/mol. The van der Waals surface area contributed by atoms with Crippen LogP contribution in [0.5, 0.6) is 0 Å². The van der Waals surface area contributed by atoms with Crippen LogP contribution < -0.4 is 4.90 Å². The summed E-state index contributed by atoms with van der Waals surface area (Å²) in [6, 6.07) is 15.8. The van der Waals surface area contributed by atoms with Crippen LogP contribution in [-0.2, 0) is 29.6 Å². The average Bonchev–Trinajstić information content (AvgIpc) is 3.17. The molecule has 0 N–H and O–H groups in total. The zero-order valence-electron chi connectivity index (χ0n) is 18.4. The van der Waals surface area contributed by atoms with Gasteiger partial charge >= 0.3 is 5.97 Å². The van der Waals surface area contributed by atoms with Crippen molar-refractivity contribution in [3.8, 4) is 0 Å². The first-order valence-electron chi connectivity index (χ1n) is 11.3. The first-order valence-corrected chi connectivity index (χ1v) is 13.5. The van der Waals surface area contributed by atoms with Crippen LogP contribution >= 0.6 is 11.6 Å². The zero-order chi connectivity index (χ0) is 23.5. The highest BCUT2D eigenvalue weighted by molar-refractivity contribution is 7.91. The predicted octanol–water partition coefficient (Wildman–Crippen LogP) is 4.31. The number of carbonyl (C=O) groups excluding carboxylic acids is 2. The number of amides is 1. The molecule has 1 saturated carbocycles. The van der Waals surface area contributed by atoms with E-state index in [1.54, 1.807) is 36.4 Å². The number of sulfone groups is 1. The molecule has 0 aromatic heterocycles. The zero-order valence-corrected chi connectivity index (χ0v) is 20.0. The Morgan fingerprint density at radius 2 is 1.76 bits per heavy atom. The lowest BCUT2D eigenvalue weighted by Gasteiger charge is -2.36. The van der Waals surface area contributed by atoms with E-state index in [2.05, 4.69) is 0 Å². The second-order valence-electron chi connectivity index (χ2n) is 8.89. The first kappa shape index (κ1) is 23.8. The van der Waals surface area contributed by atoms with E-state index >= 15 is 0 Å². The van der Waals surface area contributed by atoms with Gasteiger partial charge < -0.3 is 9.64 Å². The van der Waals surface area contributed by atoms with Crippen LogP contribution in [0.4, 0.5) is 5.69 Å². The molecule has 0 bridgehead atoms. The second kappa shape index (κ2) is 9.85. The molecule has 2 fully saturated rings. The summed E-state index contributed by atoms with van der Waals surface area (Å²) in [5.41, 5.74) is 0.592. The first-order chi connectivity index (χ1) is 15.8. The van der Waals surface area contributed by atoms with Crippen LogP contribution in [0.1, 0.15) is 44.1 Å². The summed E-state index contributed by atoms with van der Waals surface area (Å²) < 4.78 is 29.8. The maximum atomic E-state index is 13.4. The number of benzene rings is 2. The summed E-state index contributed by atoms with van der Waals surface area (Å²) >= 11 is 6.20. The van der Waals surface area contributed by atoms with Gasteiger partial charge in [0.1, 0.15) is 0 Å². The molecule has 33 heavy (non-hydrogen) atoms. The number of hydrogen-bond acceptors (Lipinski definition) is 5. The number of hydrogen-bond donors (Lipinski definition) is 0. The highest BCUT2D eigenvalue weighted by atomic mass is 35.5. The van der Waals surface area contributed by atoms with E-state index in [4.69, 9.17) is 16.3 Å². The number of rotatable bonds is 6. The Morgan fingerprint density at radius 1 is 1.03 bits per heavy atom. The van der Waals surface area contributed by atoms with Gasteiger partial charge in [0.25, 0.3) is 5.91 Å². The Labute approximate surface area is 199 Å². The molecule has 0 spiro atoms. The number of nitrogens with zero attached hydrogens (tertiary/aromatic N) is 1. The largest absolute Gasteiger partial charge is 0.455 e.